The summed E-state index contributed by atoms with van der Waals surface area (Å²) in [7, 11) is 0. The summed E-state index contributed by atoms with van der Waals surface area (Å²) >= 11 is 0. The van der Waals surface area contributed by atoms with Crippen molar-refractivity contribution in [2.75, 3.05) is 6.54 Å². The SMILES string of the molecule is CCn1c(CCCCCNC(=O)CCc2ccccc2)nc2ccccc21. The zero-order chi connectivity index (χ0) is 18.9. The number of para-hydroxylation sites is 2. The Bertz CT molecular complexity index is 854. The van der Waals surface area contributed by atoms with Gasteiger partial charge in [0.25, 0.3) is 0 Å². The molecular formula is C23H29N3O. The topological polar surface area (TPSA) is 46.9 Å². The van der Waals surface area contributed by atoms with Gasteiger partial charge in [-0.05, 0) is 43.9 Å². The van der Waals surface area contributed by atoms with E-state index in [1.165, 1.54) is 16.9 Å². The molecule has 0 fully saturated rings. The molecule has 1 heterocycles. The molecule has 4 nitrogen and oxygen atoms in total. The highest BCUT2D eigenvalue weighted by atomic mass is 16.1. The van der Waals surface area contributed by atoms with Crippen molar-refractivity contribution in [2.45, 2.75) is 52.0 Å². The van der Waals surface area contributed by atoms with Gasteiger partial charge in [-0.15, -0.1) is 0 Å². The van der Waals surface area contributed by atoms with E-state index < -0.39 is 0 Å². The monoisotopic (exact) mass is 363 g/mol. The number of nitrogens with one attached hydrogen (secondary N) is 1. The van der Waals surface area contributed by atoms with Crippen molar-refractivity contribution in [3.05, 3.63) is 66.0 Å². The quantitative estimate of drug-likeness (QED) is 0.538. The maximum absolute atomic E-state index is 11.9. The van der Waals surface area contributed by atoms with E-state index in [4.69, 9.17) is 4.98 Å². The Morgan fingerprint density at radius 2 is 1.74 bits per heavy atom. The van der Waals surface area contributed by atoms with Crippen molar-refractivity contribution in [2.24, 2.45) is 0 Å². The molecule has 1 N–H and O–H groups in total. The number of carbonyl (C=O) groups is 1. The number of benzene rings is 2. The van der Waals surface area contributed by atoms with Crippen LogP contribution in [-0.2, 0) is 24.2 Å². The third-order valence-electron chi connectivity index (χ3n) is 4.93. The molecule has 0 unspecified atom stereocenters. The number of unbranched alkanes of at least 4 members (excludes halogenated alkanes) is 2. The van der Waals surface area contributed by atoms with Gasteiger partial charge in [0, 0.05) is 25.9 Å². The second kappa shape index (κ2) is 9.91. The van der Waals surface area contributed by atoms with E-state index in [-0.39, 0.29) is 5.91 Å². The van der Waals surface area contributed by atoms with Gasteiger partial charge in [0.05, 0.1) is 11.0 Å². The first-order chi connectivity index (χ1) is 13.3. The van der Waals surface area contributed by atoms with Crippen LogP contribution in [-0.4, -0.2) is 22.0 Å². The van der Waals surface area contributed by atoms with Crippen molar-refractivity contribution in [1.29, 1.82) is 0 Å². The summed E-state index contributed by atoms with van der Waals surface area (Å²) in [6.45, 7) is 3.88. The van der Waals surface area contributed by atoms with Gasteiger partial charge in [-0.1, -0.05) is 48.9 Å². The standard InChI is InChI=1S/C23H29N3O/c1-2-26-21-14-9-8-13-20(21)25-22(26)15-7-4-10-18-24-23(27)17-16-19-11-5-3-6-12-19/h3,5-6,8-9,11-14H,2,4,7,10,15-18H2,1H3,(H,24,27). The molecule has 0 bridgehead atoms. The average Bonchev–Trinajstić information content (AvgIpc) is 3.07. The Morgan fingerprint density at radius 1 is 0.963 bits per heavy atom. The third kappa shape index (κ3) is 5.43. The molecule has 142 valence electrons. The Balaban J connectivity index is 1.33. The van der Waals surface area contributed by atoms with Gasteiger partial charge in [0.15, 0.2) is 0 Å². The first kappa shape index (κ1) is 19.2. The number of nitrogens with zero attached hydrogens (tertiary/aromatic N) is 2. The smallest absolute Gasteiger partial charge is 0.220 e. The predicted octanol–water partition coefficient (Wildman–Crippen LogP) is 4.52. The third-order valence-corrected chi connectivity index (χ3v) is 4.93. The molecule has 1 aromatic heterocycles. The van der Waals surface area contributed by atoms with E-state index in [1.54, 1.807) is 0 Å². The summed E-state index contributed by atoms with van der Waals surface area (Å²) in [5, 5.41) is 3.04. The number of hydrogen-bond donors (Lipinski definition) is 1. The number of aryl methyl sites for hydroxylation is 3. The molecule has 3 aromatic rings. The van der Waals surface area contributed by atoms with Crippen LogP contribution in [0.4, 0.5) is 0 Å². The summed E-state index contributed by atoms with van der Waals surface area (Å²) < 4.78 is 2.31. The highest BCUT2D eigenvalue weighted by Crippen LogP contribution is 2.17. The fourth-order valence-corrected chi connectivity index (χ4v) is 3.47. The van der Waals surface area contributed by atoms with Crippen molar-refractivity contribution >= 4 is 16.9 Å². The van der Waals surface area contributed by atoms with Crippen LogP contribution < -0.4 is 5.32 Å². The van der Waals surface area contributed by atoms with Gasteiger partial charge in [0.1, 0.15) is 5.82 Å². The van der Waals surface area contributed by atoms with Crippen LogP contribution in [0.15, 0.2) is 54.6 Å². The molecule has 1 amide bonds. The maximum atomic E-state index is 11.9. The lowest BCUT2D eigenvalue weighted by Gasteiger charge is -2.07. The second-order valence-electron chi connectivity index (χ2n) is 6.91. The van der Waals surface area contributed by atoms with Gasteiger partial charge in [-0.25, -0.2) is 4.98 Å². The first-order valence-electron chi connectivity index (χ1n) is 10.0. The number of hydrogen-bond acceptors (Lipinski definition) is 2. The largest absolute Gasteiger partial charge is 0.356 e. The lowest BCUT2D eigenvalue weighted by atomic mass is 10.1. The number of imidazole rings is 1. The van der Waals surface area contributed by atoms with Crippen LogP contribution in [0.3, 0.4) is 0 Å². The molecule has 4 heteroatoms. The zero-order valence-corrected chi connectivity index (χ0v) is 16.2. The van der Waals surface area contributed by atoms with E-state index >= 15 is 0 Å². The molecule has 0 aliphatic carbocycles. The summed E-state index contributed by atoms with van der Waals surface area (Å²) in [5.74, 6) is 1.32. The van der Waals surface area contributed by atoms with E-state index in [1.807, 2.05) is 24.3 Å². The Kier molecular flexibility index (Phi) is 7.03. The molecule has 0 radical (unpaired) electrons. The molecule has 0 aliphatic rings. The van der Waals surface area contributed by atoms with Gasteiger partial charge < -0.3 is 9.88 Å². The van der Waals surface area contributed by atoms with E-state index in [9.17, 15) is 4.79 Å². The molecule has 0 saturated heterocycles. The normalized spacial score (nSPS) is 11.0. The van der Waals surface area contributed by atoms with Crippen LogP contribution in [0.25, 0.3) is 11.0 Å². The van der Waals surface area contributed by atoms with Crippen LogP contribution in [0.1, 0.15) is 44.0 Å². The molecular weight excluding hydrogens is 334 g/mol. The highest BCUT2D eigenvalue weighted by molar-refractivity contribution is 5.76. The summed E-state index contributed by atoms with van der Waals surface area (Å²) in [4.78, 5) is 16.7. The summed E-state index contributed by atoms with van der Waals surface area (Å²) in [6.07, 6.45) is 5.58. The average molecular weight is 364 g/mol. The second-order valence-corrected chi connectivity index (χ2v) is 6.91. The van der Waals surface area contributed by atoms with Gasteiger partial charge >= 0.3 is 0 Å². The van der Waals surface area contributed by atoms with Crippen molar-refractivity contribution in [3.8, 4) is 0 Å². The zero-order valence-electron chi connectivity index (χ0n) is 16.2. The molecule has 0 spiro atoms. The summed E-state index contributed by atoms with van der Waals surface area (Å²) in [5.41, 5.74) is 3.52. The Hall–Kier alpha value is -2.62. The molecule has 0 atom stereocenters. The van der Waals surface area contributed by atoms with Crippen molar-refractivity contribution in [3.63, 3.8) is 0 Å². The van der Waals surface area contributed by atoms with Crippen LogP contribution in [0.5, 0.6) is 0 Å². The van der Waals surface area contributed by atoms with E-state index in [0.717, 1.165) is 50.7 Å². The van der Waals surface area contributed by atoms with E-state index in [0.29, 0.717) is 6.42 Å². The van der Waals surface area contributed by atoms with Crippen LogP contribution >= 0.6 is 0 Å². The van der Waals surface area contributed by atoms with Gasteiger partial charge in [-0.3, -0.25) is 4.79 Å². The fraction of sp³-hybridized carbons (Fsp3) is 0.391. The lowest BCUT2D eigenvalue weighted by Crippen LogP contribution is -2.24. The fourth-order valence-electron chi connectivity index (χ4n) is 3.47. The molecule has 27 heavy (non-hydrogen) atoms. The molecule has 2 aromatic carbocycles. The maximum Gasteiger partial charge on any atom is 0.220 e. The molecule has 0 saturated carbocycles. The van der Waals surface area contributed by atoms with Crippen molar-refractivity contribution in [1.82, 2.24) is 14.9 Å². The van der Waals surface area contributed by atoms with E-state index in [2.05, 4.69) is 47.1 Å². The minimum absolute atomic E-state index is 0.145. The minimum atomic E-state index is 0.145. The molecule has 0 aliphatic heterocycles. The van der Waals surface area contributed by atoms with Crippen LogP contribution in [0.2, 0.25) is 0 Å². The van der Waals surface area contributed by atoms with Crippen molar-refractivity contribution < 1.29 is 4.79 Å². The number of rotatable bonds is 10. The van der Waals surface area contributed by atoms with Gasteiger partial charge in [0.2, 0.25) is 5.91 Å². The van der Waals surface area contributed by atoms with Crippen LogP contribution in [0, 0.1) is 0 Å². The number of amides is 1. The Labute approximate surface area is 161 Å². The number of carbonyl (C=O) groups excluding carboxylic acids is 1. The summed E-state index contributed by atoms with van der Waals surface area (Å²) in [6, 6.07) is 18.5. The minimum Gasteiger partial charge on any atom is -0.356 e. The Morgan fingerprint density at radius 3 is 2.56 bits per heavy atom. The highest BCUT2D eigenvalue weighted by Gasteiger charge is 2.08. The first-order valence-corrected chi connectivity index (χ1v) is 10.0. The number of aromatic nitrogens is 2. The van der Waals surface area contributed by atoms with Gasteiger partial charge in [-0.2, -0.15) is 0 Å². The lowest BCUT2D eigenvalue weighted by molar-refractivity contribution is -0.121. The molecule has 3 rings (SSSR count). The predicted molar refractivity (Wildman–Crippen MR) is 111 cm³/mol. The number of fused-ring (bicyclic) bond motifs is 1.